The molecule has 2 bridgehead atoms. The Kier molecular flexibility index (Phi) is 3.51. The molecule has 1 N–H and O–H groups in total. The molecule has 0 aromatic carbocycles. The second kappa shape index (κ2) is 5.33. The van der Waals surface area contributed by atoms with E-state index < -0.39 is 9.84 Å². The van der Waals surface area contributed by atoms with Gasteiger partial charge in [-0.1, -0.05) is 6.42 Å². The van der Waals surface area contributed by atoms with Crippen molar-refractivity contribution in [2.24, 2.45) is 17.8 Å². The van der Waals surface area contributed by atoms with Crippen LogP contribution in [0.2, 0.25) is 0 Å². The molecular formula is C16H23N3O3S. The number of hydrogen-bond acceptors (Lipinski definition) is 4. The predicted molar refractivity (Wildman–Crippen MR) is 86.8 cm³/mol. The number of anilines is 1. The minimum Gasteiger partial charge on any atom is -0.311 e. The second-order valence-corrected chi connectivity index (χ2v) is 9.67. The molecule has 4 atom stereocenters. The third kappa shape index (κ3) is 2.79. The zero-order valence-corrected chi connectivity index (χ0v) is 14.2. The lowest BCUT2D eigenvalue weighted by atomic mass is 9.88. The Bertz CT molecular complexity index is 740. The monoisotopic (exact) mass is 337 g/mol. The highest BCUT2D eigenvalue weighted by Gasteiger charge is 2.43. The van der Waals surface area contributed by atoms with Gasteiger partial charge in [-0.15, -0.1) is 0 Å². The standard InChI is InChI=1S/C16H23N3O3S/c1-10-6-15(19(18-10)13-4-5-23(21,22)9-13)17-16(20)14-8-11-2-3-12(14)7-11/h6,11-14H,2-5,7-9H2,1H3,(H,17,20). The lowest BCUT2D eigenvalue weighted by Crippen LogP contribution is -2.29. The molecule has 23 heavy (non-hydrogen) atoms. The van der Waals surface area contributed by atoms with Gasteiger partial charge >= 0.3 is 0 Å². The van der Waals surface area contributed by atoms with E-state index in [1.165, 1.54) is 19.3 Å². The molecule has 2 saturated carbocycles. The highest BCUT2D eigenvalue weighted by atomic mass is 32.2. The summed E-state index contributed by atoms with van der Waals surface area (Å²) in [6.45, 7) is 1.87. The maximum atomic E-state index is 12.6. The van der Waals surface area contributed by atoms with E-state index in [2.05, 4.69) is 10.4 Å². The fourth-order valence-electron chi connectivity index (χ4n) is 4.64. The SMILES string of the molecule is Cc1cc(NC(=O)C2CC3CCC2C3)n(C2CCS(=O)(=O)C2)n1. The van der Waals surface area contributed by atoms with Crippen LogP contribution in [-0.2, 0) is 14.6 Å². The predicted octanol–water partition coefficient (Wildman–Crippen LogP) is 1.93. The van der Waals surface area contributed by atoms with Gasteiger partial charge < -0.3 is 5.32 Å². The third-order valence-corrected chi connectivity index (χ3v) is 7.49. The summed E-state index contributed by atoms with van der Waals surface area (Å²) in [5.41, 5.74) is 0.803. The van der Waals surface area contributed by atoms with E-state index >= 15 is 0 Å². The first-order valence-corrected chi connectivity index (χ1v) is 10.3. The number of hydrogen-bond donors (Lipinski definition) is 1. The maximum Gasteiger partial charge on any atom is 0.228 e. The topological polar surface area (TPSA) is 81.1 Å². The zero-order chi connectivity index (χ0) is 16.2. The molecule has 4 unspecified atom stereocenters. The summed E-state index contributed by atoms with van der Waals surface area (Å²) in [4.78, 5) is 12.6. The van der Waals surface area contributed by atoms with Gasteiger partial charge in [-0.05, 0) is 44.4 Å². The summed E-state index contributed by atoms with van der Waals surface area (Å²) >= 11 is 0. The number of carbonyl (C=O) groups is 1. The van der Waals surface area contributed by atoms with E-state index in [0.717, 1.165) is 18.0 Å². The van der Waals surface area contributed by atoms with Crippen molar-refractivity contribution in [3.63, 3.8) is 0 Å². The largest absolute Gasteiger partial charge is 0.311 e. The lowest BCUT2D eigenvalue weighted by Gasteiger charge is -2.21. The number of nitrogens with one attached hydrogen (secondary N) is 1. The number of amides is 1. The molecule has 126 valence electrons. The van der Waals surface area contributed by atoms with Crippen LogP contribution in [0.1, 0.15) is 43.8 Å². The van der Waals surface area contributed by atoms with Crippen molar-refractivity contribution in [2.45, 2.75) is 45.1 Å². The number of aromatic nitrogens is 2. The molecule has 3 aliphatic rings. The van der Waals surface area contributed by atoms with Crippen LogP contribution < -0.4 is 5.32 Å². The normalized spacial score (nSPS) is 34.8. The second-order valence-electron chi connectivity index (χ2n) is 7.44. The van der Waals surface area contributed by atoms with E-state index in [-0.39, 0.29) is 29.4 Å². The molecule has 3 fully saturated rings. The van der Waals surface area contributed by atoms with Crippen LogP contribution in [0.25, 0.3) is 0 Å². The first-order valence-electron chi connectivity index (χ1n) is 8.49. The van der Waals surface area contributed by atoms with Crippen LogP contribution in [0.5, 0.6) is 0 Å². The highest BCUT2D eigenvalue weighted by Crippen LogP contribution is 2.48. The van der Waals surface area contributed by atoms with Gasteiger partial charge in [0.05, 0.1) is 23.2 Å². The smallest absolute Gasteiger partial charge is 0.228 e. The Morgan fingerprint density at radius 2 is 2.13 bits per heavy atom. The molecule has 0 spiro atoms. The van der Waals surface area contributed by atoms with Crippen LogP contribution in [0, 0.1) is 24.7 Å². The van der Waals surface area contributed by atoms with Gasteiger partial charge in [0, 0.05) is 12.0 Å². The summed E-state index contributed by atoms with van der Waals surface area (Å²) in [5, 5.41) is 7.45. The molecule has 1 aromatic rings. The maximum absolute atomic E-state index is 12.6. The molecule has 6 nitrogen and oxygen atoms in total. The summed E-state index contributed by atoms with van der Waals surface area (Å²) in [6.07, 6.45) is 5.20. The average Bonchev–Trinajstić information content (AvgIpc) is 3.22. The number of nitrogens with zero attached hydrogens (tertiary/aromatic N) is 2. The van der Waals surface area contributed by atoms with Crippen molar-refractivity contribution in [3.8, 4) is 0 Å². The van der Waals surface area contributed by atoms with E-state index in [1.54, 1.807) is 4.68 Å². The van der Waals surface area contributed by atoms with Crippen molar-refractivity contribution >= 4 is 21.6 Å². The van der Waals surface area contributed by atoms with Gasteiger partial charge in [-0.25, -0.2) is 13.1 Å². The Morgan fingerprint density at radius 3 is 2.74 bits per heavy atom. The van der Waals surface area contributed by atoms with Crippen molar-refractivity contribution in [3.05, 3.63) is 11.8 Å². The van der Waals surface area contributed by atoms with Crippen molar-refractivity contribution in [2.75, 3.05) is 16.8 Å². The number of sulfone groups is 1. The molecule has 2 heterocycles. The summed E-state index contributed by atoms with van der Waals surface area (Å²) in [7, 11) is -2.98. The van der Waals surface area contributed by atoms with E-state index in [4.69, 9.17) is 0 Å². The fourth-order valence-corrected chi connectivity index (χ4v) is 6.33. The van der Waals surface area contributed by atoms with Crippen LogP contribution in [-0.4, -0.2) is 35.6 Å². The van der Waals surface area contributed by atoms with Crippen molar-refractivity contribution < 1.29 is 13.2 Å². The van der Waals surface area contributed by atoms with Crippen molar-refractivity contribution in [1.29, 1.82) is 0 Å². The highest BCUT2D eigenvalue weighted by molar-refractivity contribution is 7.91. The van der Waals surface area contributed by atoms with Gasteiger partial charge in [0.2, 0.25) is 5.91 Å². The van der Waals surface area contributed by atoms with Gasteiger partial charge in [0.15, 0.2) is 9.84 Å². The van der Waals surface area contributed by atoms with Gasteiger partial charge in [-0.2, -0.15) is 5.10 Å². The molecule has 1 aromatic heterocycles. The van der Waals surface area contributed by atoms with E-state index in [9.17, 15) is 13.2 Å². The van der Waals surface area contributed by atoms with Crippen LogP contribution in [0.15, 0.2) is 6.07 Å². The van der Waals surface area contributed by atoms with Crippen molar-refractivity contribution in [1.82, 2.24) is 9.78 Å². The number of aryl methyl sites for hydroxylation is 1. The fraction of sp³-hybridized carbons (Fsp3) is 0.750. The molecule has 7 heteroatoms. The van der Waals surface area contributed by atoms with E-state index in [0.29, 0.717) is 18.2 Å². The molecular weight excluding hydrogens is 314 g/mol. The Morgan fingerprint density at radius 1 is 1.30 bits per heavy atom. The number of rotatable bonds is 3. The minimum absolute atomic E-state index is 0.0826. The van der Waals surface area contributed by atoms with Gasteiger partial charge in [-0.3, -0.25) is 4.79 Å². The van der Waals surface area contributed by atoms with Crippen LogP contribution in [0.4, 0.5) is 5.82 Å². The Balaban J connectivity index is 1.52. The minimum atomic E-state index is -2.98. The zero-order valence-electron chi connectivity index (χ0n) is 13.4. The quantitative estimate of drug-likeness (QED) is 0.914. The van der Waals surface area contributed by atoms with E-state index in [1.807, 2.05) is 13.0 Å². The summed E-state index contributed by atoms with van der Waals surface area (Å²) in [6, 6.07) is 1.68. The number of carbonyl (C=O) groups excluding carboxylic acids is 1. The first-order chi connectivity index (χ1) is 10.9. The number of fused-ring (bicyclic) bond motifs is 2. The molecule has 4 rings (SSSR count). The molecule has 2 aliphatic carbocycles. The summed E-state index contributed by atoms with van der Waals surface area (Å²) < 4.78 is 25.2. The lowest BCUT2D eigenvalue weighted by molar-refractivity contribution is -0.121. The molecule has 1 amide bonds. The first kappa shape index (κ1) is 15.2. The van der Waals surface area contributed by atoms with Gasteiger partial charge in [0.1, 0.15) is 5.82 Å². The van der Waals surface area contributed by atoms with Gasteiger partial charge in [0.25, 0.3) is 0 Å². The summed E-state index contributed by atoms with van der Waals surface area (Å²) in [5.74, 6) is 2.43. The Hall–Kier alpha value is -1.37. The third-order valence-electron chi connectivity index (χ3n) is 5.74. The van der Waals surface area contributed by atoms with Crippen LogP contribution >= 0.6 is 0 Å². The van der Waals surface area contributed by atoms with Crippen LogP contribution in [0.3, 0.4) is 0 Å². The molecule has 1 saturated heterocycles. The Labute approximate surface area is 136 Å². The molecule has 0 radical (unpaired) electrons. The molecule has 1 aliphatic heterocycles. The average molecular weight is 337 g/mol.